The van der Waals surface area contributed by atoms with E-state index in [0.717, 1.165) is 16.9 Å². The number of rotatable bonds is 6. The van der Waals surface area contributed by atoms with Crippen molar-refractivity contribution in [1.29, 1.82) is 0 Å². The Morgan fingerprint density at radius 1 is 1.11 bits per heavy atom. The van der Waals surface area contributed by atoms with Gasteiger partial charge >= 0.3 is 0 Å². The van der Waals surface area contributed by atoms with Gasteiger partial charge in [0, 0.05) is 18.0 Å². The molecule has 3 heterocycles. The maximum absolute atomic E-state index is 12.5. The molecule has 7 nitrogen and oxygen atoms in total. The van der Waals surface area contributed by atoms with Crippen molar-refractivity contribution in [2.24, 2.45) is 0 Å². The van der Waals surface area contributed by atoms with Crippen LogP contribution < -0.4 is 10.3 Å². The highest BCUT2D eigenvalue weighted by atomic mass is 16.5. The highest BCUT2D eigenvalue weighted by molar-refractivity contribution is 5.77. The van der Waals surface area contributed by atoms with Crippen LogP contribution in [0.3, 0.4) is 0 Å². The molecule has 0 aliphatic heterocycles. The van der Waals surface area contributed by atoms with Gasteiger partial charge in [-0.15, -0.1) is 0 Å². The molecule has 0 fully saturated rings. The summed E-state index contributed by atoms with van der Waals surface area (Å²) in [6, 6.07) is 13.1. The van der Waals surface area contributed by atoms with E-state index in [-0.39, 0.29) is 11.4 Å². The molecular weight excluding hydrogens is 344 g/mol. The van der Waals surface area contributed by atoms with Gasteiger partial charge in [-0.05, 0) is 42.7 Å². The molecule has 27 heavy (non-hydrogen) atoms. The highest BCUT2D eigenvalue weighted by Gasteiger charge is 2.16. The maximum Gasteiger partial charge on any atom is 0.258 e. The fourth-order valence-electron chi connectivity index (χ4n) is 2.97. The number of hydrogen-bond acceptors (Lipinski definition) is 5. The minimum Gasteiger partial charge on any atom is -0.494 e. The Balaban J connectivity index is 1.55. The largest absolute Gasteiger partial charge is 0.494 e. The van der Waals surface area contributed by atoms with Crippen molar-refractivity contribution in [3.63, 3.8) is 0 Å². The van der Waals surface area contributed by atoms with Gasteiger partial charge in [0.15, 0.2) is 0 Å². The Morgan fingerprint density at radius 2 is 1.89 bits per heavy atom. The smallest absolute Gasteiger partial charge is 0.258 e. The van der Waals surface area contributed by atoms with Gasteiger partial charge in [-0.3, -0.25) is 9.78 Å². The van der Waals surface area contributed by atoms with E-state index < -0.39 is 0 Å². The Hall–Kier alpha value is -3.61. The van der Waals surface area contributed by atoms with Gasteiger partial charge in [-0.25, -0.2) is 0 Å². The first kappa shape index (κ1) is 16.8. The van der Waals surface area contributed by atoms with Crippen LogP contribution in [0.1, 0.15) is 12.0 Å². The molecule has 136 valence electrons. The van der Waals surface area contributed by atoms with Gasteiger partial charge in [-0.2, -0.15) is 9.61 Å². The standard InChI is InChI=1S/C20H18N4O3/c25-19-16(7-4-12-27-15-5-2-1-3-6-15)20(26)24-18(23-19)17(13-22-24)14-8-10-21-11-9-14/h1-3,5-6,8-11,13,26H,4,7,12H2,(H,23,25). The average Bonchev–Trinajstić information content (AvgIpc) is 3.12. The van der Waals surface area contributed by atoms with Crippen molar-refractivity contribution in [1.82, 2.24) is 19.6 Å². The number of fused-ring (bicyclic) bond motifs is 1. The van der Waals surface area contributed by atoms with Crippen LogP contribution in [0.25, 0.3) is 16.8 Å². The fourth-order valence-corrected chi connectivity index (χ4v) is 2.97. The molecule has 7 heteroatoms. The summed E-state index contributed by atoms with van der Waals surface area (Å²) in [4.78, 5) is 19.3. The Morgan fingerprint density at radius 3 is 2.67 bits per heavy atom. The summed E-state index contributed by atoms with van der Waals surface area (Å²) < 4.78 is 6.99. The number of nitrogens with one attached hydrogen (secondary N) is 1. The van der Waals surface area contributed by atoms with E-state index in [1.54, 1.807) is 18.6 Å². The number of benzene rings is 1. The molecule has 0 atom stereocenters. The number of aromatic hydroxyl groups is 1. The molecule has 4 aromatic rings. The normalized spacial score (nSPS) is 11.0. The number of ether oxygens (including phenoxy) is 1. The van der Waals surface area contributed by atoms with Crippen molar-refractivity contribution >= 4 is 5.65 Å². The first-order valence-corrected chi connectivity index (χ1v) is 8.64. The van der Waals surface area contributed by atoms with Crippen molar-refractivity contribution in [3.8, 4) is 22.8 Å². The zero-order chi connectivity index (χ0) is 18.6. The van der Waals surface area contributed by atoms with Crippen molar-refractivity contribution < 1.29 is 9.84 Å². The number of para-hydroxylation sites is 1. The molecule has 0 bridgehead atoms. The minimum atomic E-state index is -0.324. The Labute approximate surface area is 154 Å². The molecule has 0 radical (unpaired) electrons. The summed E-state index contributed by atoms with van der Waals surface area (Å²) in [5, 5.41) is 14.8. The zero-order valence-corrected chi connectivity index (χ0v) is 14.5. The predicted molar refractivity (Wildman–Crippen MR) is 101 cm³/mol. The molecule has 0 spiro atoms. The van der Waals surface area contributed by atoms with E-state index in [1.807, 2.05) is 42.5 Å². The van der Waals surface area contributed by atoms with Gasteiger partial charge in [0.1, 0.15) is 11.4 Å². The molecule has 0 aliphatic carbocycles. The topological polar surface area (TPSA) is 92.5 Å². The second kappa shape index (κ2) is 7.33. The summed E-state index contributed by atoms with van der Waals surface area (Å²) in [6.07, 6.45) is 5.92. The molecule has 3 aromatic heterocycles. The van der Waals surface area contributed by atoms with Crippen LogP contribution in [0.5, 0.6) is 11.6 Å². The lowest BCUT2D eigenvalue weighted by Crippen LogP contribution is -2.17. The molecule has 4 rings (SSSR count). The van der Waals surface area contributed by atoms with E-state index in [0.29, 0.717) is 30.7 Å². The molecule has 0 saturated carbocycles. The SMILES string of the molecule is O=c1[nH]c2c(-c3ccncc3)cnn2c(O)c1CCCOc1ccccc1. The van der Waals surface area contributed by atoms with Gasteiger partial charge < -0.3 is 14.8 Å². The summed E-state index contributed by atoms with van der Waals surface area (Å²) in [7, 11) is 0. The van der Waals surface area contributed by atoms with Crippen LogP contribution in [-0.4, -0.2) is 31.3 Å². The summed E-state index contributed by atoms with van der Waals surface area (Å²) >= 11 is 0. The van der Waals surface area contributed by atoms with Gasteiger partial charge in [0.2, 0.25) is 5.88 Å². The zero-order valence-electron chi connectivity index (χ0n) is 14.5. The monoisotopic (exact) mass is 362 g/mol. The summed E-state index contributed by atoms with van der Waals surface area (Å²) in [6.45, 7) is 0.447. The second-order valence-corrected chi connectivity index (χ2v) is 6.08. The van der Waals surface area contributed by atoms with Gasteiger partial charge in [0.05, 0.1) is 18.4 Å². The highest BCUT2D eigenvalue weighted by Crippen LogP contribution is 2.25. The van der Waals surface area contributed by atoms with Crippen LogP contribution in [0.4, 0.5) is 0 Å². The number of aromatic nitrogens is 4. The summed E-state index contributed by atoms with van der Waals surface area (Å²) in [5.41, 5.74) is 2.01. The van der Waals surface area contributed by atoms with Crippen molar-refractivity contribution in [2.45, 2.75) is 12.8 Å². The average molecular weight is 362 g/mol. The first-order chi connectivity index (χ1) is 13.2. The van der Waals surface area contributed by atoms with Crippen LogP contribution >= 0.6 is 0 Å². The lowest BCUT2D eigenvalue weighted by Gasteiger charge is -2.08. The van der Waals surface area contributed by atoms with Crippen LogP contribution in [0, 0.1) is 0 Å². The molecule has 2 N–H and O–H groups in total. The molecule has 0 saturated heterocycles. The molecule has 0 amide bonds. The maximum atomic E-state index is 12.5. The first-order valence-electron chi connectivity index (χ1n) is 8.64. The third-order valence-electron chi connectivity index (χ3n) is 4.32. The van der Waals surface area contributed by atoms with E-state index >= 15 is 0 Å². The fraction of sp³-hybridized carbons (Fsp3) is 0.150. The van der Waals surface area contributed by atoms with Crippen molar-refractivity contribution in [3.05, 3.63) is 77.0 Å². The molecule has 1 aromatic carbocycles. The molecule has 0 aliphatic rings. The number of pyridine rings is 1. The summed E-state index contributed by atoms with van der Waals surface area (Å²) in [5.74, 6) is 0.633. The van der Waals surface area contributed by atoms with E-state index in [9.17, 15) is 9.90 Å². The number of aromatic amines is 1. The number of nitrogens with zero attached hydrogens (tertiary/aromatic N) is 3. The lowest BCUT2D eigenvalue weighted by molar-refractivity contribution is 0.309. The second-order valence-electron chi connectivity index (χ2n) is 6.08. The lowest BCUT2D eigenvalue weighted by atomic mass is 10.1. The van der Waals surface area contributed by atoms with E-state index in [1.165, 1.54) is 4.52 Å². The quantitative estimate of drug-likeness (QED) is 0.515. The van der Waals surface area contributed by atoms with E-state index in [4.69, 9.17) is 4.74 Å². The molecular formula is C20H18N4O3. The van der Waals surface area contributed by atoms with Crippen molar-refractivity contribution in [2.75, 3.05) is 6.61 Å². The third kappa shape index (κ3) is 3.39. The van der Waals surface area contributed by atoms with Gasteiger partial charge in [0.25, 0.3) is 5.56 Å². The Bertz CT molecular complexity index is 1100. The van der Waals surface area contributed by atoms with E-state index in [2.05, 4.69) is 15.1 Å². The van der Waals surface area contributed by atoms with Crippen LogP contribution in [0.2, 0.25) is 0 Å². The third-order valence-corrected chi connectivity index (χ3v) is 4.32. The minimum absolute atomic E-state index is 0.145. The van der Waals surface area contributed by atoms with Crippen LogP contribution in [0.15, 0.2) is 65.8 Å². The van der Waals surface area contributed by atoms with Gasteiger partial charge in [-0.1, -0.05) is 18.2 Å². The molecule has 0 unspecified atom stereocenters. The van der Waals surface area contributed by atoms with Crippen LogP contribution in [-0.2, 0) is 6.42 Å². The Kier molecular flexibility index (Phi) is 4.57. The number of hydrogen-bond donors (Lipinski definition) is 2. The predicted octanol–water partition coefficient (Wildman–Crippen LogP) is 2.80. The number of H-pyrrole nitrogens is 1.